The molecule has 1 fully saturated rings. The molecule has 1 aliphatic carbocycles. The normalized spacial score (nSPS) is 16.3. The van der Waals surface area contributed by atoms with Crippen LogP contribution in [0.4, 0.5) is 0 Å². The van der Waals surface area contributed by atoms with Crippen LogP contribution in [0.3, 0.4) is 0 Å². The number of hydrogen-bond donors (Lipinski definition) is 3. The Morgan fingerprint density at radius 3 is 2.83 bits per heavy atom. The second-order valence-corrected chi connectivity index (χ2v) is 5.01. The highest BCUT2D eigenvalue weighted by Gasteiger charge is 2.23. The molecule has 0 radical (unpaired) electrons. The summed E-state index contributed by atoms with van der Waals surface area (Å²) in [7, 11) is 0. The van der Waals surface area contributed by atoms with Crippen LogP contribution in [0.15, 0.2) is 18.2 Å². The lowest BCUT2D eigenvalue weighted by Gasteiger charge is -2.15. The third-order valence-corrected chi connectivity index (χ3v) is 3.16. The van der Waals surface area contributed by atoms with Crippen molar-refractivity contribution in [3.8, 4) is 5.75 Å². The summed E-state index contributed by atoms with van der Waals surface area (Å²) in [6, 6.07) is 5.93. The first-order chi connectivity index (χ1) is 8.56. The lowest BCUT2D eigenvalue weighted by Crippen LogP contribution is -2.36. The van der Waals surface area contributed by atoms with Crippen molar-refractivity contribution in [1.82, 2.24) is 10.6 Å². The van der Waals surface area contributed by atoms with Gasteiger partial charge >= 0.3 is 0 Å². The molecule has 98 valence electrons. The Bertz CT molecular complexity index is 441. The summed E-state index contributed by atoms with van der Waals surface area (Å²) in [5.41, 5.74) is 1.84. The van der Waals surface area contributed by atoms with Crippen molar-refractivity contribution in [3.05, 3.63) is 29.3 Å². The van der Waals surface area contributed by atoms with Crippen LogP contribution in [0.25, 0.3) is 0 Å². The third kappa shape index (κ3) is 3.47. The number of aromatic hydroxyl groups is 1. The fourth-order valence-corrected chi connectivity index (χ4v) is 1.88. The zero-order valence-corrected chi connectivity index (χ0v) is 10.9. The summed E-state index contributed by atoms with van der Waals surface area (Å²) in [5.74, 6) is 0.300. The number of amides is 1. The van der Waals surface area contributed by atoms with Crippen LogP contribution in [-0.4, -0.2) is 23.6 Å². The molecule has 3 N–H and O–H groups in total. The zero-order valence-electron chi connectivity index (χ0n) is 10.9. The van der Waals surface area contributed by atoms with Gasteiger partial charge in [0.05, 0.1) is 6.54 Å². The first kappa shape index (κ1) is 12.9. The van der Waals surface area contributed by atoms with E-state index in [1.807, 2.05) is 26.0 Å². The number of phenolic OH excluding ortho intramolecular Hbond substituents is 1. The second-order valence-electron chi connectivity index (χ2n) is 5.01. The standard InChI is InChI=1S/C14H20N2O2/c1-9-3-6-12(13(17)7-9)10(2)15-8-14(18)16-11-4-5-11/h3,6-7,10-11,15,17H,4-5,8H2,1-2H3,(H,16,18). The smallest absolute Gasteiger partial charge is 0.234 e. The molecule has 0 aromatic heterocycles. The number of benzene rings is 1. The Morgan fingerprint density at radius 1 is 1.50 bits per heavy atom. The van der Waals surface area contributed by atoms with Gasteiger partial charge < -0.3 is 15.7 Å². The molecule has 0 aliphatic heterocycles. The molecule has 0 heterocycles. The molecule has 1 aliphatic rings. The van der Waals surface area contributed by atoms with Gasteiger partial charge in [-0.1, -0.05) is 12.1 Å². The lowest BCUT2D eigenvalue weighted by molar-refractivity contribution is -0.120. The summed E-state index contributed by atoms with van der Waals surface area (Å²) < 4.78 is 0. The minimum Gasteiger partial charge on any atom is -0.508 e. The van der Waals surface area contributed by atoms with Crippen LogP contribution in [0.1, 0.15) is 36.9 Å². The second kappa shape index (κ2) is 5.40. The van der Waals surface area contributed by atoms with Crippen LogP contribution in [-0.2, 0) is 4.79 Å². The van der Waals surface area contributed by atoms with Gasteiger partial charge in [0.2, 0.25) is 5.91 Å². The molecular formula is C14H20N2O2. The molecule has 4 heteroatoms. The van der Waals surface area contributed by atoms with Crippen LogP contribution in [0.2, 0.25) is 0 Å². The van der Waals surface area contributed by atoms with E-state index in [9.17, 15) is 9.90 Å². The van der Waals surface area contributed by atoms with Gasteiger partial charge in [-0.2, -0.15) is 0 Å². The molecule has 1 aromatic carbocycles. The van der Waals surface area contributed by atoms with Gasteiger partial charge in [0, 0.05) is 17.6 Å². The molecule has 2 rings (SSSR count). The Hall–Kier alpha value is -1.55. The molecule has 18 heavy (non-hydrogen) atoms. The molecule has 4 nitrogen and oxygen atoms in total. The van der Waals surface area contributed by atoms with E-state index in [1.54, 1.807) is 6.07 Å². The first-order valence-electron chi connectivity index (χ1n) is 6.38. The van der Waals surface area contributed by atoms with Crippen molar-refractivity contribution in [2.75, 3.05) is 6.54 Å². The van der Waals surface area contributed by atoms with Crippen LogP contribution >= 0.6 is 0 Å². The zero-order chi connectivity index (χ0) is 13.1. The van der Waals surface area contributed by atoms with E-state index in [0.29, 0.717) is 6.04 Å². The maximum atomic E-state index is 11.5. The Morgan fingerprint density at radius 2 is 2.22 bits per heavy atom. The van der Waals surface area contributed by atoms with Crippen molar-refractivity contribution in [3.63, 3.8) is 0 Å². The molecule has 1 aromatic rings. The van der Waals surface area contributed by atoms with Crippen LogP contribution < -0.4 is 10.6 Å². The quantitative estimate of drug-likeness (QED) is 0.742. The molecule has 1 unspecified atom stereocenters. The number of rotatable bonds is 5. The number of phenols is 1. The third-order valence-electron chi connectivity index (χ3n) is 3.16. The molecule has 0 spiro atoms. The molecule has 1 amide bonds. The molecule has 1 atom stereocenters. The predicted molar refractivity (Wildman–Crippen MR) is 70.4 cm³/mol. The van der Waals surface area contributed by atoms with Crippen molar-refractivity contribution < 1.29 is 9.90 Å². The van der Waals surface area contributed by atoms with Crippen molar-refractivity contribution >= 4 is 5.91 Å². The number of aryl methyl sites for hydroxylation is 1. The minimum atomic E-state index is -0.0458. The molecule has 1 saturated carbocycles. The van der Waals surface area contributed by atoms with E-state index in [4.69, 9.17) is 0 Å². The van der Waals surface area contributed by atoms with E-state index in [-0.39, 0.29) is 24.2 Å². The summed E-state index contributed by atoms with van der Waals surface area (Å²) in [4.78, 5) is 11.5. The van der Waals surface area contributed by atoms with E-state index >= 15 is 0 Å². The summed E-state index contributed by atoms with van der Waals surface area (Å²) in [6.45, 7) is 4.16. The van der Waals surface area contributed by atoms with E-state index in [0.717, 1.165) is 24.0 Å². The maximum Gasteiger partial charge on any atom is 0.234 e. The van der Waals surface area contributed by atoms with Crippen molar-refractivity contribution in [2.24, 2.45) is 0 Å². The largest absolute Gasteiger partial charge is 0.508 e. The first-order valence-corrected chi connectivity index (χ1v) is 6.38. The number of carbonyl (C=O) groups excluding carboxylic acids is 1. The van der Waals surface area contributed by atoms with Gasteiger partial charge in [-0.25, -0.2) is 0 Å². The Balaban J connectivity index is 1.86. The highest BCUT2D eigenvalue weighted by molar-refractivity contribution is 5.78. The van der Waals surface area contributed by atoms with Crippen molar-refractivity contribution in [1.29, 1.82) is 0 Å². The van der Waals surface area contributed by atoms with Gasteiger partial charge in [0.1, 0.15) is 5.75 Å². The lowest BCUT2D eigenvalue weighted by atomic mass is 10.1. The van der Waals surface area contributed by atoms with Gasteiger partial charge in [-0.3, -0.25) is 4.79 Å². The van der Waals surface area contributed by atoms with Gasteiger partial charge in [-0.15, -0.1) is 0 Å². The summed E-state index contributed by atoms with van der Waals surface area (Å²) in [5, 5.41) is 15.9. The van der Waals surface area contributed by atoms with Crippen molar-refractivity contribution in [2.45, 2.75) is 38.8 Å². The van der Waals surface area contributed by atoms with E-state index in [1.165, 1.54) is 0 Å². The van der Waals surface area contributed by atoms with Crippen LogP contribution in [0.5, 0.6) is 5.75 Å². The Kier molecular flexibility index (Phi) is 3.87. The average Bonchev–Trinajstić information content (AvgIpc) is 3.10. The molecule has 0 bridgehead atoms. The highest BCUT2D eigenvalue weighted by Crippen LogP contribution is 2.24. The summed E-state index contributed by atoms with van der Waals surface area (Å²) in [6.07, 6.45) is 2.19. The van der Waals surface area contributed by atoms with Gasteiger partial charge in [-0.05, 0) is 38.3 Å². The molecule has 0 saturated heterocycles. The average molecular weight is 248 g/mol. The SMILES string of the molecule is Cc1ccc(C(C)NCC(=O)NC2CC2)c(O)c1. The highest BCUT2D eigenvalue weighted by atomic mass is 16.3. The number of hydrogen-bond acceptors (Lipinski definition) is 3. The molecular weight excluding hydrogens is 228 g/mol. The topological polar surface area (TPSA) is 61.4 Å². The van der Waals surface area contributed by atoms with Crippen LogP contribution in [0, 0.1) is 6.92 Å². The summed E-state index contributed by atoms with van der Waals surface area (Å²) >= 11 is 0. The fourth-order valence-electron chi connectivity index (χ4n) is 1.88. The van der Waals surface area contributed by atoms with E-state index < -0.39 is 0 Å². The van der Waals surface area contributed by atoms with Gasteiger partial charge in [0.25, 0.3) is 0 Å². The minimum absolute atomic E-state index is 0.0240. The predicted octanol–water partition coefficient (Wildman–Crippen LogP) is 1.63. The monoisotopic (exact) mass is 248 g/mol. The maximum absolute atomic E-state index is 11.5. The number of nitrogens with one attached hydrogen (secondary N) is 2. The Labute approximate surface area is 107 Å². The van der Waals surface area contributed by atoms with E-state index in [2.05, 4.69) is 10.6 Å². The van der Waals surface area contributed by atoms with Gasteiger partial charge in [0.15, 0.2) is 0 Å². The fraction of sp³-hybridized carbons (Fsp3) is 0.500. The number of carbonyl (C=O) groups is 1.